The average Bonchev–Trinajstić information content (AvgIpc) is 2.48. The van der Waals surface area contributed by atoms with Gasteiger partial charge in [-0.05, 0) is 19.1 Å². The first-order valence-corrected chi connectivity index (χ1v) is 6.47. The zero-order chi connectivity index (χ0) is 13.9. The molecule has 1 heterocycles. The molecule has 0 unspecified atom stereocenters. The highest BCUT2D eigenvalue weighted by Crippen LogP contribution is 2.19. The van der Waals surface area contributed by atoms with E-state index in [-0.39, 0.29) is 5.56 Å². The number of aromatic nitrogens is 2. The number of para-hydroxylation sites is 1. The van der Waals surface area contributed by atoms with Crippen LogP contribution in [-0.4, -0.2) is 9.55 Å². The minimum atomic E-state index is -0.0671. The molecule has 3 heteroatoms. The monoisotopic (exact) mass is 262 g/mol. The molecule has 0 N–H and O–H groups in total. The van der Waals surface area contributed by atoms with Crippen LogP contribution in [0.2, 0.25) is 0 Å². The van der Waals surface area contributed by atoms with Gasteiger partial charge in [0.1, 0.15) is 5.82 Å². The Hall–Kier alpha value is -2.68. The minimum absolute atomic E-state index is 0.0671. The van der Waals surface area contributed by atoms with Crippen molar-refractivity contribution in [2.24, 2.45) is 0 Å². The fraction of sp³-hybridized carbons (Fsp3) is 0.0588. The van der Waals surface area contributed by atoms with Crippen molar-refractivity contribution >= 4 is 0 Å². The fourth-order valence-corrected chi connectivity index (χ4v) is 2.20. The number of nitrogens with zero attached hydrogens (tertiary/aromatic N) is 2. The molecule has 0 fully saturated rings. The van der Waals surface area contributed by atoms with Crippen LogP contribution in [0.15, 0.2) is 71.5 Å². The van der Waals surface area contributed by atoms with Crippen LogP contribution < -0.4 is 5.56 Å². The molecule has 0 atom stereocenters. The minimum Gasteiger partial charge on any atom is -0.269 e. The second-order valence-corrected chi connectivity index (χ2v) is 4.60. The summed E-state index contributed by atoms with van der Waals surface area (Å²) in [6.07, 6.45) is 0. The van der Waals surface area contributed by atoms with Crippen molar-refractivity contribution in [3.63, 3.8) is 0 Å². The lowest BCUT2D eigenvalue weighted by Gasteiger charge is -2.12. The summed E-state index contributed by atoms with van der Waals surface area (Å²) in [4.78, 5) is 16.9. The number of hydrogen-bond donors (Lipinski definition) is 0. The topological polar surface area (TPSA) is 34.9 Å². The van der Waals surface area contributed by atoms with Crippen LogP contribution in [0.4, 0.5) is 0 Å². The van der Waals surface area contributed by atoms with Crippen LogP contribution in [0.25, 0.3) is 17.1 Å². The van der Waals surface area contributed by atoms with Crippen molar-refractivity contribution in [3.05, 3.63) is 82.8 Å². The molecule has 0 radical (unpaired) electrons. The highest BCUT2D eigenvalue weighted by molar-refractivity contribution is 5.58. The number of aryl methyl sites for hydroxylation is 1. The van der Waals surface area contributed by atoms with E-state index in [1.165, 1.54) is 0 Å². The summed E-state index contributed by atoms with van der Waals surface area (Å²) in [5.74, 6) is 0.668. The molecule has 0 aliphatic heterocycles. The zero-order valence-electron chi connectivity index (χ0n) is 11.2. The summed E-state index contributed by atoms with van der Waals surface area (Å²) in [7, 11) is 0. The van der Waals surface area contributed by atoms with Crippen LogP contribution in [0.1, 0.15) is 5.69 Å². The zero-order valence-corrected chi connectivity index (χ0v) is 11.2. The highest BCUT2D eigenvalue weighted by Gasteiger charge is 2.10. The van der Waals surface area contributed by atoms with Crippen LogP contribution in [0.3, 0.4) is 0 Å². The van der Waals surface area contributed by atoms with Gasteiger partial charge >= 0.3 is 0 Å². The predicted molar refractivity (Wildman–Crippen MR) is 80.0 cm³/mol. The van der Waals surface area contributed by atoms with Crippen molar-refractivity contribution in [1.29, 1.82) is 0 Å². The lowest BCUT2D eigenvalue weighted by atomic mass is 10.2. The summed E-state index contributed by atoms with van der Waals surface area (Å²) in [6, 6.07) is 20.9. The first-order valence-electron chi connectivity index (χ1n) is 6.47. The van der Waals surface area contributed by atoms with Gasteiger partial charge in [-0.3, -0.25) is 9.36 Å². The Morgan fingerprint density at radius 1 is 0.900 bits per heavy atom. The molecule has 20 heavy (non-hydrogen) atoms. The molecule has 98 valence electrons. The molecule has 0 amide bonds. The van der Waals surface area contributed by atoms with Crippen LogP contribution >= 0.6 is 0 Å². The molecule has 3 aromatic rings. The van der Waals surface area contributed by atoms with E-state index in [1.54, 1.807) is 10.6 Å². The molecule has 0 spiro atoms. The Morgan fingerprint density at radius 2 is 1.50 bits per heavy atom. The van der Waals surface area contributed by atoms with E-state index in [0.717, 1.165) is 16.9 Å². The van der Waals surface area contributed by atoms with E-state index < -0.39 is 0 Å². The van der Waals surface area contributed by atoms with E-state index in [9.17, 15) is 4.79 Å². The van der Waals surface area contributed by atoms with Crippen molar-refractivity contribution in [3.8, 4) is 17.1 Å². The number of rotatable bonds is 2. The van der Waals surface area contributed by atoms with Gasteiger partial charge in [0.2, 0.25) is 0 Å². The Balaban J connectivity index is 2.32. The highest BCUT2D eigenvalue weighted by atomic mass is 16.1. The van der Waals surface area contributed by atoms with Gasteiger partial charge in [-0.25, -0.2) is 4.98 Å². The van der Waals surface area contributed by atoms with Gasteiger partial charge in [0.05, 0.1) is 5.69 Å². The van der Waals surface area contributed by atoms with Gasteiger partial charge < -0.3 is 0 Å². The third kappa shape index (κ3) is 2.26. The van der Waals surface area contributed by atoms with Gasteiger partial charge in [0, 0.05) is 17.3 Å². The SMILES string of the molecule is Cc1cc(=O)n(-c2ccccc2)c(-c2ccccc2)n1. The molecule has 0 aliphatic carbocycles. The van der Waals surface area contributed by atoms with Crippen molar-refractivity contribution < 1.29 is 0 Å². The summed E-state index contributed by atoms with van der Waals surface area (Å²) in [5.41, 5.74) is 2.41. The van der Waals surface area contributed by atoms with E-state index in [1.807, 2.05) is 67.6 Å². The van der Waals surface area contributed by atoms with E-state index in [4.69, 9.17) is 0 Å². The molecule has 1 aromatic heterocycles. The van der Waals surface area contributed by atoms with Crippen LogP contribution in [0.5, 0.6) is 0 Å². The number of hydrogen-bond acceptors (Lipinski definition) is 2. The number of benzene rings is 2. The largest absolute Gasteiger partial charge is 0.269 e. The fourth-order valence-electron chi connectivity index (χ4n) is 2.20. The van der Waals surface area contributed by atoms with Gasteiger partial charge in [-0.2, -0.15) is 0 Å². The molecule has 0 saturated carbocycles. The molecule has 0 aliphatic rings. The summed E-state index contributed by atoms with van der Waals surface area (Å²) < 4.78 is 1.64. The maximum atomic E-state index is 12.4. The molecule has 3 rings (SSSR count). The van der Waals surface area contributed by atoms with Crippen molar-refractivity contribution in [2.45, 2.75) is 6.92 Å². The quantitative estimate of drug-likeness (QED) is 0.710. The van der Waals surface area contributed by atoms with Gasteiger partial charge in [0.15, 0.2) is 0 Å². The predicted octanol–water partition coefficient (Wildman–Crippen LogP) is 3.21. The Kier molecular flexibility index (Phi) is 3.17. The first-order chi connectivity index (χ1) is 9.75. The summed E-state index contributed by atoms with van der Waals surface area (Å²) in [6.45, 7) is 1.84. The molecular formula is C17H14N2O. The lowest BCUT2D eigenvalue weighted by molar-refractivity contribution is 0.930. The second-order valence-electron chi connectivity index (χ2n) is 4.60. The van der Waals surface area contributed by atoms with Gasteiger partial charge in [-0.15, -0.1) is 0 Å². The summed E-state index contributed by atoms with van der Waals surface area (Å²) >= 11 is 0. The molecule has 0 bridgehead atoms. The average molecular weight is 262 g/mol. The van der Waals surface area contributed by atoms with Crippen molar-refractivity contribution in [1.82, 2.24) is 9.55 Å². The third-order valence-electron chi connectivity index (χ3n) is 3.09. The van der Waals surface area contributed by atoms with Crippen LogP contribution in [-0.2, 0) is 0 Å². The third-order valence-corrected chi connectivity index (χ3v) is 3.09. The maximum Gasteiger partial charge on any atom is 0.258 e. The van der Waals surface area contributed by atoms with Crippen molar-refractivity contribution in [2.75, 3.05) is 0 Å². The summed E-state index contributed by atoms with van der Waals surface area (Å²) in [5, 5.41) is 0. The molecule has 0 saturated heterocycles. The van der Waals surface area contributed by atoms with E-state index in [0.29, 0.717) is 5.82 Å². The lowest BCUT2D eigenvalue weighted by Crippen LogP contribution is -2.21. The maximum absolute atomic E-state index is 12.4. The second kappa shape index (κ2) is 5.13. The van der Waals surface area contributed by atoms with E-state index >= 15 is 0 Å². The van der Waals surface area contributed by atoms with E-state index in [2.05, 4.69) is 4.98 Å². The molecule has 3 nitrogen and oxygen atoms in total. The van der Waals surface area contributed by atoms with Gasteiger partial charge in [-0.1, -0.05) is 48.5 Å². The normalized spacial score (nSPS) is 10.4. The van der Waals surface area contributed by atoms with Gasteiger partial charge in [0.25, 0.3) is 5.56 Å². The smallest absolute Gasteiger partial charge is 0.258 e. The standard InChI is InChI=1S/C17H14N2O/c1-13-12-16(20)19(15-10-6-3-7-11-15)17(18-13)14-8-4-2-5-9-14/h2-12H,1H3. The Bertz CT molecular complexity index is 777. The Labute approximate surface area is 117 Å². The van der Waals surface area contributed by atoms with Crippen LogP contribution in [0, 0.1) is 6.92 Å². The molecular weight excluding hydrogens is 248 g/mol. The Morgan fingerprint density at radius 3 is 2.15 bits per heavy atom. The molecule has 2 aromatic carbocycles. The first kappa shape index (κ1) is 12.4.